The van der Waals surface area contributed by atoms with Crippen LogP contribution in [0.2, 0.25) is 0 Å². The molecular formula is C47H60BrN3O11. The van der Waals surface area contributed by atoms with Crippen LogP contribution in [0.4, 0.5) is 0 Å². The van der Waals surface area contributed by atoms with Gasteiger partial charge in [-0.25, -0.2) is 0 Å². The van der Waals surface area contributed by atoms with Crippen molar-refractivity contribution >= 4 is 51.2 Å². The summed E-state index contributed by atoms with van der Waals surface area (Å²) in [4.78, 5) is 76.6. The SMILES string of the molecule is CC(C)(C)OC(=O)CC[C@H](NC(=O)CNC(=O)CBr)C(=O)NC12CC(Cc3ccc([C@@H]4O[C@@H]5C[C@H]6[C@@H]7CCC8=CC(=O)C=C[C@]8(C)[C@H]7[C@@H](O)C[C@]6(C)[C@]5(C(=O)CO)O4)cc3)(C1)C2. The molecule has 2 bridgehead atoms. The third-order valence-corrected chi connectivity index (χ3v) is 15.9. The predicted octanol–water partition coefficient (Wildman–Crippen LogP) is 3.99. The van der Waals surface area contributed by atoms with Gasteiger partial charge in [0.1, 0.15) is 18.2 Å². The number of rotatable bonds is 14. The Hall–Kier alpha value is -3.76. The molecule has 8 aliphatic rings. The second kappa shape index (κ2) is 16.0. The summed E-state index contributed by atoms with van der Waals surface area (Å²) in [5, 5.41) is 30.7. The van der Waals surface area contributed by atoms with Gasteiger partial charge in [-0.05, 0) is 114 Å². The second-order valence-corrected chi connectivity index (χ2v) is 21.3. The molecule has 5 N–H and O–H groups in total. The van der Waals surface area contributed by atoms with Gasteiger partial charge in [0, 0.05) is 34.3 Å². The Morgan fingerprint density at radius 3 is 2.42 bits per heavy atom. The molecule has 10 atom stereocenters. The van der Waals surface area contributed by atoms with E-state index in [0.29, 0.717) is 12.8 Å². The maximum atomic E-state index is 14.0. The Morgan fingerprint density at radius 2 is 1.76 bits per heavy atom. The van der Waals surface area contributed by atoms with Crippen LogP contribution in [0.1, 0.15) is 110 Å². The van der Waals surface area contributed by atoms with Crippen LogP contribution in [0.5, 0.6) is 0 Å². The minimum absolute atomic E-state index is 0.00498. The van der Waals surface area contributed by atoms with Gasteiger partial charge < -0.3 is 40.4 Å². The van der Waals surface area contributed by atoms with Gasteiger partial charge in [0.25, 0.3) is 0 Å². The van der Waals surface area contributed by atoms with E-state index in [1.807, 2.05) is 37.3 Å². The van der Waals surface area contributed by atoms with Crippen LogP contribution in [0.3, 0.4) is 0 Å². The highest BCUT2D eigenvalue weighted by Crippen LogP contribution is 2.71. The van der Waals surface area contributed by atoms with Gasteiger partial charge in [-0.3, -0.25) is 28.8 Å². The molecule has 0 radical (unpaired) electrons. The van der Waals surface area contributed by atoms with Gasteiger partial charge >= 0.3 is 5.97 Å². The summed E-state index contributed by atoms with van der Waals surface area (Å²) in [5.74, 6) is -2.27. The van der Waals surface area contributed by atoms with Crippen LogP contribution in [0.25, 0.3) is 0 Å². The summed E-state index contributed by atoms with van der Waals surface area (Å²) in [7, 11) is 0. The number of aliphatic hydroxyl groups excluding tert-OH is 2. The van der Waals surface area contributed by atoms with Gasteiger partial charge in [0.05, 0.1) is 24.1 Å². The van der Waals surface area contributed by atoms with E-state index in [4.69, 9.17) is 14.2 Å². The largest absolute Gasteiger partial charge is 0.460 e. The van der Waals surface area contributed by atoms with Crippen molar-refractivity contribution in [3.05, 3.63) is 59.2 Å². The fourth-order valence-corrected chi connectivity index (χ4v) is 13.3. The first-order chi connectivity index (χ1) is 29.2. The highest BCUT2D eigenvalue weighted by Gasteiger charge is 2.76. The third kappa shape index (κ3) is 7.71. The number of hydrogen-bond donors (Lipinski definition) is 5. The molecule has 1 aliphatic heterocycles. The monoisotopic (exact) mass is 921 g/mol. The third-order valence-electron chi connectivity index (χ3n) is 15.4. The van der Waals surface area contributed by atoms with Crippen molar-refractivity contribution in [3.8, 4) is 0 Å². The molecule has 6 saturated carbocycles. The van der Waals surface area contributed by atoms with Gasteiger partial charge in [-0.2, -0.15) is 0 Å². The van der Waals surface area contributed by atoms with E-state index < -0.39 is 76.4 Å². The van der Waals surface area contributed by atoms with Crippen LogP contribution in [-0.4, -0.2) is 98.9 Å². The standard InChI is InChI=1S/C47H60BrN3O11/c1-42(2,3)61-38(58)13-12-32(50-37(57)21-49-36(56)20-48)40(59)51-46-23-45(24-46,25-46)18-26-6-8-27(9-7-26)41-60-35-17-31-30-11-10-28-16-29(53)14-15-43(28,4)39(30)33(54)19-44(31,5)47(35,62-41)34(55)22-52/h6-9,14-16,30-33,35,39,41,52,54H,10-13,17-25H2,1-5H3,(H,49,56)(H,50,57)(H,51,59)/t30-,31-,32-,33-,35+,39+,41+,43-,44-,45?,46?,47+/m0/s1. The maximum Gasteiger partial charge on any atom is 0.306 e. The first-order valence-corrected chi connectivity index (χ1v) is 23.1. The quantitative estimate of drug-likeness (QED) is 0.133. The molecule has 1 aromatic rings. The number of allylic oxidation sites excluding steroid dienone is 4. The van der Waals surface area contributed by atoms with Crippen LogP contribution in [0, 0.1) is 34.0 Å². The Balaban J connectivity index is 0.892. The average molecular weight is 923 g/mol. The van der Waals surface area contributed by atoms with E-state index in [0.717, 1.165) is 55.2 Å². The van der Waals surface area contributed by atoms with Crippen LogP contribution < -0.4 is 16.0 Å². The Morgan fingerprint density at radius 1 is 1.05 bits per heavy atom. The highest BCUT2D eigenvalue weighted by molar-refractivity contribution is 9.09. The van der Waals surface area contributed by atoms with E-state index in [1.165, 1.54) is 0 Å². The number of carbonyl (C=O) groups excluding carboxylic acids is 6. The van der Waals surface area contributed by atoms with Crippen molar-refractivity contribution in [3.63, 3.8) is 0 Å². The molecule has 1 aromatic carbocycles. The lowest BCUT2D eigenvalue weighted by Crippen LogP contribution is -2.76. The molecule has 0 unspecified atom stereocenters. The van der Waals surface area contributed by atoms with Crippen molar-refractivity contribution < 1.29 is 53.2 Å². The highest BCUT2D eigenvalue weighted by atomic mass is 79.9. The summed E-state index contributed by atoms with van der Waals surface area (Å²) < 4.78 is 18.8. The fourth-order valence-electron chi connectivity index (χ4n) is 13.1. The smallest absolute Gasteiger partial charge is 0.306 e. The van der Waals surface area contributed by atoms with E-state index in [1.54, 1.807) is 32.9 Å². The summed E-state index contributed by atoms with van der Waals surface area (Å²) >= 11 is 3.04. The molecule has 336 valence electrons. The average Bonchev–Trinajstić information content (AvgIpc) is 3.69. The van der Waals surface area contributed by atoms with Crippen molar-refractivity contribution in [2.75, 3.05) is 18.5 Å². The minimum Gasteiger partial charge on any atom is -0.460 e. The van der Waals surface area contributed by atoms with Gasteiger partial charge in [0.15, 0.2) is 23.5 Å². The van der Waals surface area contributed by atoms with E-state index in [2.05, 4.69) is 38.8 Å². The van der Waals surface area contributed by atoms with Crippen LogP contribution in [-0.2, 0) is 49.4 Å². The number of benzene rings is 1. The zero-order valence-electron chi connectivity index (χ0n) is 36.2. The summed E-state index contributed by atoms with van der Waals surface area (Å²) in [6.45, 7) is 8.41. The maximum absolute atomic E-state index is 14.0. The van der Waals surface area contributed by atoms with Crippen LogP contribution >= 0.6 is 15.9 Å². The lowest BCUT2D eigenvalue weighted by molar-refractivity contribution is -0.201. The number of hydrogen-bond acceptors (Lipinski definition) is 11. The lowest BCUT2D eigenvalue weighted by atomic mass is 9.38. The fraction of sp³-hybridized carbons (Fsp3) is 0.660. The molecule has 3 amide bonds. The lowest BCUT2D eigenvalue weighted by Gasteiger charge is -2.71. The number of ether oxygens (including phenoxy) is 3. The van der Waals surface area contributed by atoms with Gasteiger partial charge in [-0.15, -0.1) is 0 Å². The first kappa shape index (κ1) is 44.8. The van der Waals surface area contributed by atoms with Crippen LogP contribution in [0.15, 0.2) is 48.1 Å². The topological polar surface area (TPSA) is 207 Å². The zero-order valence-corrected chi connectivity index (χ0v) is 37.8. The van der Waals surface area contributed by atoms with Gasteiger partial charge in [-0.1, -0.05) is 65.7 Å². The second-order valence-electron chi connectivity index (χ2n) is 20.7. The number of esters is 1. The van der Waals surface area contributed by atoms with E-state index in [-0.39, 0.29) is 65.5 Å². The zero-order chi connectivity index (χ0) is 44.6. The van der Waals surface area contributed by atoms with Crippen molar-refractivity contribution in [2.45, 2.75) is 140 Å². The Bertz CT molecular complexity index is 2080. The molecule has 9 rings (SSSR count). The summed E-state index contributed by atoms with van der Waals surface area (Å²) in [6, 6.07) is 7.00. The Labute approximate surface area is 370 Å². The van der Waals surface area contributed by atoms with E-state index in [9.17, 15) is 39.0 Å². The molecule has 1 saturated heterocycles. The number of fused-ring (bicyclic) bond motifs is 7. The first-order valence-electron chi connectivity index (χ1n) is 22.0. The van der Waals surface area contributed by atoms with Crippen molar-refractivity contribution in [2.24, 2.45) is 34.0 Å². The molecule has 7 aliphatic carbocycles. The van der Waals surface area contributed by atoms with Crippen molar-refractivity contribution in [1.82, 2.24) is 16.0 Å². The Kier molecular flexibility index (Phi) is 11.6. The predicted molar refractivity (Wildman–Crippen MR) is 228 cm³/mol. The number of carbonyl (C=O) groups is 6. The summed E-state index contributed by atoms with van der Waals surface area (Å²) in [5.41, 5.74) is -0.830. The number of alkyl halides is 1. The number of ketones is 2. The molecule has 62 heavy (non-hydrogen) atoms. The molecule has 15 heteroatoms. The summed E-state index contributed by atoms with van der Waals surface area (Å²) in [6.07, 6.45) is 8.57. The van der Waals surface area contributed by atoms with Crippen molar-refractivity contribution in [1.29, 1.82) is 0 Å². The van der Waals surface area contributed by atoms with E-state index >= 15 is 0 Å². The molecular weight excluding hydrogens is 862 g/mol. The molecule has 1 heterocycles. The number of Topliss-reactive ketones (excluding diaryl/α,β-unsaturated/α-hetero) is 1. The number of amides is 3. The molecule has 7 fully saturated rings. The van der Waals surface area contributed by atoms with Gasteiger partial charge in [0.2, 0.25) is 17.7 Å². The number of nitrogens with one attached hydrogen (secondary N) is 3. The number of aliphatic hydroxyl groups is 2. The molecule has 0 aromatic heterocycles. The normalized spacial score (nSPS) is 37.8. The number of halogens is 1. The molecule has 14 nitrogen and oxygen atoms in total. The minimum atomic E-state index is -1.43. The molecule has 0 spiro atoms.